The Balaban J connectivity index is 3.96. The number of hydrazine groups is 1. The van der Waals surface area contributed by atoms with Crippen molar-refractivity contribution >= 4 is 17.8 Å². The molecule has 0 aliphatic carbocycles. The monoisotopic (exact) mass is 268 g/mol. The first kappa shape index (κ1) is 17.0. The second-order valence-corrected chi connectivity index (χ2v) is 4.34. The van der Waals surface area contributed by atoms with E-state index in [4.69, 9.17) is 6.42 Å². The summed E-state index contributed by atoms with van der Waals surface area (Å²) in [5.41, 5.74) is 4.14. The highest BCUT2D eigenvalue weighted by Crippen LogP contribution is 2.13. The molecule has 0 aromatic rings. The van der Waals surface area contributed by atoms with Crippen LogP contribution in [0.2, 0.25) is 0 Å². The first-order chi connectivity index (χ1) is 8.90. The predicted molar refractivity (Wildman–Crippen MR) is 69.3 cm³/mol. The van der Waals surface area contributed by atoms with Crippen molar-refractivity contribution in [1.82, 2.24) is 10.9 Å². The number of esters is 1. The van der Waals surface area contributed by atoms with Gasteiger partial charge >= 0.3 is 11.9 Å². The lowest BCUT2D eigenvalue weighted by atomic mass is 9.95. The third-order valence-corrected chi connectivity index (χ3v) is 2.35. The standard InChI is InChI=1S/C13H20N2O4/c1-5-9(3)7-10(4)8-11(16)14-15-12(17)13(18)19-6-2/h1,9-10H,6-8H2,2-4H3,(H,14,16)(H,15,17). The molecule has 0 rings (SSSR count). The van der Waals surface area contributed by atoms with E-state index in [0.717, 1.165) is 6.42 Å². The summed E-state index contributed by atoms with van der Waals surface area (Å²) in [4.78, 5) is 33.6. The molecule has 0 aliphatic heterocycles. The normalized spacial score (nSPS) is 12.7. The molecule has 6 nitrogen and oxygen atoms in total. The molecule has 0 aromatic heterocycles. The molecular formula is C13H20N2O4. The van der Waals surface area contributed by atoms with Crippen molar-refractivity contribution in [1.29, 1.82) is 0 Å². The van der Waals surface area contributed by atoms with Crippen LogP contribution >= 0.6 is 0 Å². The van der Waals surface area contributed by atoms with Crippen molar-refractivity contribution in [3.63, 3.8) is 0 Å². The number of hydrogen-bond acceptors (Lipinski definition) is 4. The topological polar surface area (TPSA) is 84.5 Å². The van der Waals surface area contributed by atoms with Gasteiger partial charge in [0.15, 0.2) is 0 Å². The molecule has 2 unspecified atom stereocenters. The number of nitrogens with one attached hydrogen (secondary N) is 2. The Hall–Kier alpha value is -2.03. The highest BCUT2D eigenvalue weighted by molar-refractivity contribution is 6.32. The third kappa shape index (κ3) is 7.82. The number of carbonyl (C=O) groups is 3. The van der Waals surface area contributed by atoms with E-state index in [-0.39, 0.29) is 30.8 Å². The van der Waals surface area contributed by atoms with Gasteiger partial charge in [-0.25, -0.2) is 4.79 Å². The Morgan fingerprint density at radius 2 is 1.89 bits per heavy atom. The van der Waals surface area contributed by atoms with E-state index in [1.165, 1.54) is 0 Å². The van der Waals surface area contributed by atoms with Gasteiger partial charge in [0.25, 0.3) is 0 Å². The van der Waals surface area contributed by atoms with E-state index in [2.05, 4.69) is 16.1 Å². The average Bonchev–Trinajstić information content (AvgIpc) is 2.35. The minimum atomic E-state index is -1.03. The van der Waals surface area contributed by atoms with Crippen molar-refractivity contribution in [3.8, 4) is 12.3 Å². The Morgan fingerprint density at radius 1 is 1.26 bits per heavy atom. The van der Waals surface area contributed by atoms with E-state index < -0.39 is 11.9 Å². The second-order valence-electron chi connectivity index (χ2n) is 4.34. The maximum Gasteiger partial charge on any atom is 0.398 e. The van der Waals surface area contributed by atoms with Gasteiger partial charge in [-0.05, 0) is 19.3 Å². The summed E-state index contributed by atoms with van der Waals surface area (Å²) >= 11 is 0. The molecule has 0 aliphatic rings. The van der Waals surface area contributed by atoms with Crippen molar-refractivity contribution in [2.75, 3.05) is 6.61 Å². The molecule has 0 saturated carbocycles. The number of amides is 2. The van der Waals surface area contributed by atoms with E-state index in [1.54, 1.807) is 6.92 Å². The average molecular weight is 268 g/mol. The summed E-state index contributed by atoms with van der Waals surface area (Å²) in [5, 5.41) is 0. The van der Waals surface area contributed by atoms with Crippen LogP contribution in [-0.2, 0) is 19.1 Å². The molecule has 0 aromatic carbocycles. The van der Waals surface area contributed by atoms with Gasteiger partial charge in [0.2, 0.25) is 5.91 Å². The van der Waals surface area contributed by atoms with E-state index in [0.29, 0.717) is 0 Å². The molecule has 0 saturated heterocycles. The molecule has 0 fully saturated rings. The first-order valence-electron chi connectivity index (χ1n) is 6.12. The maximum absolute atomic E-state index is 11.5. The van der Waals surface area contributed by atoms with E-state index >= 15 is 0 Å². The van der Waals surface area contributed by atoms with E-state index in [9.17, 15) is 14.4 Å². The van der Waals surface area contributed by atoms with Crippen LogP contribution in [0.4, 0.5) is 0 Å². The fraction of sp³-hybridized carbons (Fsp3) is 0.615. The summed E-state index contributed by atoms with van der Waals surface area (Å²) in [6.45, 7) is 5.47. The van der Waals surface area contributed by atoms with Gasteiger partial charge < -0.3 is 4.74 Å². The van der Waals surface area contributed by atoms with Crippen LogP contribution in [0.15, 0.2) is 0 Å². The van der Waals surface area contributed by atoms with Crippen LogP contribution in [0.5, 0.6) is 0 Å². The minimum absolute atomic E-state index is 0.0885. The Labute approximate surface area is 113 Å². The zero-order chi connectivity index (χ0) is 14.8. The van der Waals surface area contributed by atoms with Crippen molar-refractivity contribution in [3.05, 3.63) is 0 Å². The molecule has 106 valence electrons. The van der Waals surface area contributed by atoms with Crippen molar-refractivity contribution in [2.24, 2.45) is 11.8 Å². The summed E-state index contributed by atoms with van der Waals surface area (Å²) < 4.78 is 4.46. The predicted octanol–water partition coefficient (Wildman–Crippen LogP) is 0.383. The van der Waals surface area contributed by atoms with Crippen LogP contribution in [0.1, 0.15) is 33.6 Å². The van der Waals surface area contributed by atoms with Crippen molar-refractivity contribution in [2.45, 2.75) is 33.6 Å². The molecule has 0 spiro atoms. The van der Waals surface area contributed by atoms with Crippen LogP contribution in [-0.4, -0.2) is 24.4 Å². The number of rotatable bonds is 5. The van der Waals surface area contributed by atoms with Gasteiger partial charge in [0, 0.05) is 12.3 Å². The molecule has 6 heteroatoms. The largest absolute Gasteiger partial charge is 0.459 e. The molecule has 0 bridgehead atoms. The number of terminal acetylenes is 1. The number of carbonyl (C=O) groups excluding carboxylic acids is 3. The maximum atomic E-state index is 11.5. The first-order valence-corrected chi connectivity index (χ1v) is 6.12. The molecule has 2 atom stereocenters. The zero-order valence-electron chi connectivity index (χ0n) is 11.5. The zero-order valence-corrected chi connectivity index (χ0v) is 11.5. The molecule has 2 N–H and O–H groups in total. The minimum Gasteiger partial charge on any atom is -0.459 e. The summed E-state index contributed by atoms with van der Waals surface area (Å²) in [6, 6.07) is 0. The third-order valence-electron chi connectivity index (χ3n) is 2.35. The highest BCUT2D eigenvalue weighted by atomic mass is 16.5. The van der Waals surface area contributed by atoms with E-state index in [1.807, 2.05) is 19.3 Å². The summed E-state index contributed by atoms with van der Waals surface area (Å²) in [5.74, 6) is 0.357. The Kier molecular flexibility index (Phi) is 8.02. The van der Waals surface area contributed by atoms with Gasteiger partial charge in [0.1, 0.15) is 0 Å². The Morgan fingerprint density at radius 3 is 2.42 bits per heavy atom. The van der Waals surface area contributed by atoms with Gasteiger partial charge in [-0.1, -0.05) is 13.8 Å². The van der Waals surface area contributed by atoms with Gasteiger partial charge in [-0.2, -0.15) is 0 Å². The lowest BCUT2D eigenvalue weighted by Gasteiger charge is -2.13. The SMILES string of the molecule is C#CC(C)CC(C)CC(=O)NNC(=O)C(=O)OCC. The van der Waals surface area contributed by atoms with Crippen LogP contribution < -0.4 is 10.9 Å². The molecule has 19 heavy (non-hydrogen) atoms. The fourth-order valence-electron chi connectivity index (χ4n) is 1.50. The number of ether oxygens (including phenoxy) is 1. The summed E-state index contributed by atoms with van der Waals surface area (Å²) in [6.07, 6.45) is 6.19. The summed E-state index contributed by atoms with van der Waals surface area (Å²) in [7, 11) is 0. The van der Waals surface area contributed by atoms with Crippen LogP contribution in [0.25, 0.3) is 0 Å². The number of hydrogen-bond donors (Lipinski definition) is 2. The molecular weight excluding hydrogens is 248 g/mol. The lowest BCUT2D eigenvalue weighted by molar-refractivity contribution is -0.155. The smallest absolute Gasteiger partial charge is 0.398 e. The molecule has 0 radical (unpaired) electrons. The lowest BCUT2D eigenvalue weighted by Crippen LogP contribution is -2.45. The second kappa shape index (κ2) is 8.97. The Bertz CT molecular complexity index is 373. The van der Waals surface area contributed by atoms with Crippen LogP contribution in [0, 0.1) is 24.2 Å². The highest BCUT2D eigenvalue weighted by Gasteiger charge is 2.16. The van der Waals surface area contributed by atoms with Crippen LogP contribution in [0.3, 0.4) is 0 Å². The molecule has 0 heterocycles. The fourth-order valence-corrected chi connectivity index (χ4v) is 1.50. The van der Waals surface area contributed by atoms with Crippen molar-refractivity contribution < 1.29 is 19.1 Å². The quantitative estimate of drug-likeness (QED) is 0.327. The van der Waals surface area contributed by atoms with Gasteiger partial charge in [-0.15, -0.1) is 12.3 Å². The molecule has 2 amide bonds. The van der Waals surface area contributed by atoms with Gasteiger partial charge in [-0.3, -0.25) is 20.4 Å². The van der Waals surface area contributed by atoms with Gasteiger partial charge in [0.05, 0.1) is 6.61 Å².